The van der Waals surface area contributed by atoms with E-state index in [0.717, 1.165) is 25.2 Å². The van der Waals surface area contributed by atoms with Crippen LogP contribution in [0.1, 0.15) is 65.7 Å². The molecule has 142 valence electrons. The maximum Gasteiger partial charge on any atom is 0.335 e. The average Bonchev–Trinajstić information content (AvgIpc) is 2.84. The molecule has 1 aliphatic rings. The molecule has 1 atom stereocenters. The Morgan fingerprint density at radius 1 is 1.11 bits per heavy atom. The summed E-state index contributed by atoms with van der Waals surface area (Å²) in [5.74, 6) is -0.897. The summed E-state index contributed by atoms with van der Waals surface area (Å²) in [5.41, 5.74) is 5.43. The monoisotopic (exact) mass is 364 g/mol. The fourth-order valence-corrected chi connectivity index (χ4v) is 3.88. The van der Waals surface area contributed by atoms with E-state index in [1.165, 1.54) is 36.0 Å². The third kappa shape index (κ3) is 4.67. The number of ether oxygens (including phenoxy) is 1. The van der Waals surface area contributed by atoms with Crippen molar-refractivity contribution in [2.24, 2.45) is 0 Å². The highest BCUT2D eigenvalue weighted by Gasteiger charge is 2.30. The van der Waals surface area contributed by atoms with Gasteiger partial charge in [0, 0.05) is 12.0 Å². The second kappa shape index (κ2) is 8.53. The van der Waals surface area contributed by atoms with Crippen molar-refractivity contribution in [1.29, 1.82) is 0 Å². The van der Waals surface area contributed by atoms with Gasteiger partial charge in [0.15, 0.2) is 0 Å². The molecule has 1 unspecified atom stereocenters. The Hall–Kier alpha value is -2.39. The van der Waals surface area contributed by atoms with Crippen LogP contribution in [0.3, 0.4) is 0 Å². The lowest BCUT2D eigenvalue weighted by atomic mass is 9.78. The SMILES string of the molecule is CCOCC1(C)CCCCc2cc(/C=C/c3ccc(C(=O)O)cc3)ccc21. The van der Waals surface area contributed by atoms with Crippen LogP contribution >= 0.6 is 0 Å². The third-order valence-corrected chi connectivity index (χ3v) is 5.45. The normalized spacial score (nSPS) is 19.6. The molecule has 0 saturated heterocycles. The molecule has 0 aliphatic heterocycles. The van der Waals surface area contributed by atoms with Crippen LogP contribution in [0.25, 0.3) is 12.2 Å². The van der Waals surface area contributed by atoms with Gasteiger partial charge >= 0.3 is 5.97 Å². The molecular formula is C24H28O3. The number of carboxylic acids is 1. The predicted molar refractivity (Wildman–Crippen MR) is 110 cm³/mol. The molecule has 2 aromatic carbocycles. The van der Waals surface area contributed by atoms with Gasteiger partial charge in [-0.2, -0.15) is 0 Å². The van der Waals surface area contributed by atoms with E-state index >= 15 is 0 Å². The molecule has 0 spiro atoms. The van der Waals surface area contributed by atoms with Gasteiger partial charge in [0.2, 0.25) is 0 Å². The summed E-state index contributed by atoms with van der Waals surface area (Å²) in [4.78, 5) is 10.9. The molecule has 0 bridgehead atoms. The fourth-order valence-electron chi connectivity index (χ4n) is 3.88. The highest BCUT2D eigenvalue weighted by molar-refractivity contribution is 5.88. The standard InChI is InChI=1S/C24H28O3/c1-3-27-17-24(2)15-5-4-6-21-16-19(11-14-22(21)24)8-7-18-9-12-20(13-10-18)23(25)26/h7-14,16H,3-6,15,17H2,1-2H3,(H,25,26)/b8-7+. The maximum absolute atomic E-state index is 10.9. The Bertz CT molecular complexity index is 820. The van der Waals surface area contributed by atoms with Crippen LogP contribution in [0.4, 0.5) is 0 Å². The van der Waals surface area contributed by atoms with Gasteiger partial charge in [0.1, 0.15) is 0 Å². The first-order valence-electron chi connectivity index (χ1n) is 9.74. The van der Waals surface area contributed by atoms with Crippen LogP contribution in [0, 0.1) is 0 Å². The summed E-state index contributed by atoms with van der Waals surface area (Å²) < 4.78 is 5.79. The molecule has 0 fully saturated rings. The molecule has 0 heterocycles. The molecule has 0 amide bonds. The summed E-state index contributed by atoms with van der Waals surface area (Å²) in [6.07, 6.45) is 8.87. The fraction of sp³-hybridized carbons (Fsp3) is 0.375. The van der Waals surface area contributed by atoms with Crippen molar-refractivity contribution < 1.29 is 14.6 Å². The minimum absolute atomic E-state index is 0.0940. The van der Waals surface area contributed by atoms with E-state index in [1.807, 2.05) is 18.2 Å². The molecule has 3 nitrogen and oxygen atoms in total. The maximum atomic E-state index is 10.9. The van der Waals surface area contributed by atoms with Crippen LogP contribution in [-0.4, -0.2) is 24.3 Å². The summed E-state index contributed by atoms with van der Waals surface area (Å²) in [7, 11) is 0. The Morgan fingerprint density at radius 2 is 1.81 bits per heavy atom. The molecular weight excluding hydrogens is 336 g/mol. The summed E-state index contributed by atoms with van der Waals surface area (Å²) in [5, 5.41) is 8.99. The number of aryl methyl sites for hydroxylation is 1. The lowest BCUT2D eigenvalue weighted by Crippen LogP contribution is -2.28. The van der Waals surface area contributed by atoms with Gasteiger partial charge < -0.3 is 9.84 Å². The van der Waals surface area contributed by atoms with Gasteiger partial charge in [-0.25, -0.2) is 4.79 Å². The van der Waals surface area contributed by atoms with Crippen molar-refractivity contribution in [2.75, 3.05) is 13.2 Å². The van der Waals surface area contributed by atoms with Crippen LogP contribution in [-0.2, 0) is 16.6 Å². The van der Waals surface area contributed by atoms with Crippen molar-refractivity contribution >= 4 is 18.1 Å². The molecule has 27 heavy (non-hydrogen) atoms. The topological polar surface area (TPSA) is 46.5 Å². The molecule has 2 aromatic rings. The molecule has 3 heteroatoms. The zero-order valence-electron chi connectivity index (χ0n) is 16.2. The number of fused-ring (bicyclic) bond motifs is 1. The molecule has 1 N–H and O–H groups in total. The van der Waals surface area contributed by atoms with E-state index in [1.54, 1.807) is 12.1 Å². The second-order valence-corrected chi connectivity index (χ2v) is 7.58. The van der Waals surface area contributed by atoms with Crippen molar-refractivity contribution in [3.05, 3.63) is 70.3 Å². The molecule has 0 aromatic heterocycles. The van der Waals surface area contributed by atoms with Gasteiger partial charge in [-0.3, -0.25) is 0 Å². The van der Waals surface area contributed by atoms with Crippen LogP contribution in [0.2, 0.25) is 0 Å². The minimum Gasteiger partial charge on any atom is -0.478 e. The highest BCUT2D eigenvalue weighted by Crippen LogP contribution is 2.37. The number of aromatic carboxylic acids is 1. The zero-order chi connectivity index (χ0) is 19.3. The van der Waals surface area contributed by atoms with E-state index in [4.69, 9.17) is 9.84 Å². The number of hydrogen-bond acceptors (Lipinski definition) is 2. The first-order chi connectivity index (χ1) is 13.0. The van der Waals surface area contributed by atoms with E-state index in [2.05, 4.69) is 38.1 Å². The summed E-state index contributed by atoms with van der Waals surface area (Å²) in [6, 6.07) is 13.7. The van der Waals surface area contributed by atoms with Crippen molar-refractivity contribution in [2.45, 2.75) is 44.9 Å². The first-order valence-corrected chi connectivity index (χ1v) is 9.74. The Morgan fingerprint density at radius 3 is 2.52 bits per heavy atom. The lowest BCUT2D eigenvalue weighted by Gasteiger charge is -2.30. The first kappa shape index (κ1) is 19.4. The van der Waals surface area contributed by atoms with Crippen molar-refractivity contribution in [3.63, 3.8) is 0 Å². The summed E-state index contributed by atoms with van der Waals surface area (Å²) >= 11 is 0. The van der Waals surface area contributed by atoms with Crippen LogP contribution in [0.5, 0.6) is 0 Å². The summed E-state index contributed by atoms with van der Waals surface area (Å²) in [6.45, 7) is 5.91. The van der Waals surface area contributed by atoms with Gasteiger partial charge in [-0.05, 0) is 60.6 Å². The molecule has 0 saturated carbocycles. The van der Waals surface area contributed by atoms with E-state index in [9.17, 15) is 4.79 Å². The van der Waals surface area contributed by atoms with E-state index < -0.39 is 5.97 Å². The lowest BCUT2D eigenvalue weighted by molar-refractivity contribution is 0.0697. The van der Waals surface area contributed by atoms with Crippen LogP contribution < -0.4 is 0 Å². The number of hydrogen-bond donors (Lipinski definition) is 1. The van der Waals surface area contributed by atoms with Gasteiger partial charge in [-0.1, -0.05) is 55.8 Å². The van der Waals surface area contributed by atoms with Gasteiger partial charge in [0.25, 0.3) is 0 Å². The number of carbonyl (C=O) groups is 1. The number of benzene rings is 2. The Labute approximate surface area is 161 Å². The largest absolute Gasteiger partial charge is 0.478 e. The molecule has 3 rings (SSSR count). The average molecular weight is 364 g/mol. The Balaban J connectivity index is 1.82. The predicted octanol–water partition coefficient (Wildman–Crippen LogP) is 5.58. The third-order valence-electron chi connectivity index (χ3n) is 5.45. The smallest absolute Gasteiger partial charge is 0.335 e. The van der Waals surface area contributed by atoms with Crippen LogP contribution in [0.15, 0.2) is 42.5 Å². The van der Waals surface area contributed by atoms with E-state index in [-0.39, 0.29) is 5.41 Å². The number of rotatable bonds is 6. The quantitative estimate of drug-likeness (QED) is 0.538. The second-order valence-electron chi connectivity index (χ2n) is 7.58. The van der Waals surface area contributed by atoms with Gasteiger partial charge in [-0.15, -0.1) is 0 Å². The van der Waals surface area contributed by atoms with Crippen molar-refractivity contribution in [1.82, 2.24) is 0 Å². The molecule has 1 aliphatic carbocycles. The van der Waals surface area contributed by atoms with Gasteiger partial charge in [0.05, 0.1) is 12.2 Å². The highest BCUT2D eigenvalue weighted by atomic mass is 16.5. The van der Waals surface area contributed by atoms with Crippen molar-refractivity contribution in [3.8, 4) is 0 Å². The minimum atomic E-state index is -0.897. The van der Waals surface area contributed by atoms with E-state index in [0.29, 0.717) is 5.56 Å². The molecule has 0 radical (unpaired) electrons. The Kier molecular flexibility index (Phi) is 6.12. The zero-order valence-corrected chi connectivity index (χ0v) is 16.2. The number of carboxylic acid groups (broad SMARTS) is 1.